The van der Waals surface area contributed by atoms with E-state index in [2.05, 4.69) is 25.2 Å². The molecule has 0 radical (unpaired) electrons. The maximum Gasteiger partial charge on any atom is 0.241 e. The molecular formula is C14H22N2O2S. The minimum absolute atomic E-state index is 0.00593. The van der Waals surface area contributed by atoms with Gasteiger partial charge in [-0.3, -0.25) is 10.1 Å². The Bertz CT molecular complexity index is 406. The van der Waals surface area contributed by atoms with Crippen molar-refractivity contribution in [3.8, 4) is 0 Å². The first-order valence-electron chi connectivity index (χ1n) is 6.72. The molecular weight excluding hydrogens is 260 g/mol. The van der Waals surface area contributed by atoms with E-state index in [-0.39, 0.29) is 18.1 Å². The number of ether oxygens (including phenoxy) is 1. The molecule has 1 aromatic heterocycles. The minimum atomic E-state index is -0.0658. The van der Waals surface area contributed by atoms with Crippen LogP contribution in [-0.4, -0.2) is 37.1 Å². The van der Waals surface area contributed by atoms with Gasteiger partial charge in [0.1, 0.15) is 6.17 Å². The summed E-state index contributed by atoms with van der Waals surface area (Å²) in [6, 6.07) is 4.04. The van der Waals surface area contributed by atoms with E-state index in [0.29, 0.717) is 19.1 Å². The molecule has 2 atom stereocenters. The Morgan fingerprint density at radius 3 is 2.89 bits per heavy atom. The highest BCUT2D eigenvalue weighted by molar-refractivity contribution is 7.10. The van der Waals surface area contributed by atoms with Gasteiger partial charge in [-0.15, -0.1) is 11.3 Å². The SMILES string of the molecule is COCCN1C(=O)C(CC(C)C)NC1c1cccs1. The molecule has 1 N–H and O–H groups in total. The molecule has 0 bridgehead atoms. The van der Waals surface area contributed by atoms with E-state index < -0.39 is 0 Å². The van der Waals surface area contributed by atoms with Crippen LogP contribution in [0.25, 0.3) is 0 Å². The van der Waals surface area contributed by atoms with Crippen LogP contribution in [0.2, 0.25) is 0 Å². The summed E-state index contributed by atoms with van der Waals surface area (Å²) in [5, 5.41) is 5.51. The van der Waals surface area contributed by atoms with Crippen LogP contribution in [0.5, 0.6) is 0 Å². The van der Waals surface area contributed by atoms with Crippen molar-refractivity contribution in [3.05, 3.63) is 22.4 Å². The van der Waals surface area contributed by atoms with Crippen molar-refractivity contribution in [2.24, 2.45) is 5.92 Å². The van der Waals surface area contributed by atoms with Gasteiger partial charge in [-0.1, -0.05) is 19.9 Å². The Kier molecular flexibility index (Phi) is 4.96. The van der Waals surface area contributed by atoms with Crippen molar-refractivity contribution in [2.75, 3.05) is 20.3 Å². The number of rotatable bonds is 6. The molecule has 2 unspecified atom stereocenters. The van der Waals surface area contributed by atoms with Crippen molar-refractivity contribution in [3.63, 3.8) is 0 Å². The molecule has 1 saturated heterocycles. The Morgan fingerprint density at radius 2 is 2.32 bits per heavy atom. The molecule has 0 aliphatic carbocycles. The van der Waals surface area contributed by atoms with Gasteiger partial charge in [0.05, 0.1) is 12.6 Å². The van der Waals surface area contributed by atoms with E-state index in [1.54, 1.807) is 18.4 Å². The van der Waals surface area contributed by atoms with E-state index in [0.717, 1.165) is 6.42 Å². The number of methoxy groups -OCH3 is 1. The number of hydrogen-bond donors (Lipinski definition) is 1. The molecule has 19 heavy (non-hydrogen) atoms. The summed E-state index contributed by atoms with van der Waals surface area (Å²) in [4.78, 5) is 15.6. The molecule has 1 aliphatic heterocycles. The average molecular weight is 282 g/mol. The van der Waals surface area contributed by atoms with Crippen molar-refractivity contribution in [1.29, 1.82) is 0 Å². The number of nitrogens with zero attached hydrogens (tertiary/aromatic N) is 1. The molecule has 0 spiro atoms. The summed E-state index contributed by atoms with van der Waals surface area (Å²) in [5.41, 5.74) is 0. The molecule has 2 rings (SSSR count). The lowest BCUT2D eigenvalue weighted by atomic mass is 10.0. The Hall–Kier alpha value is -0.910. The fraction of sp³-hybridized carbons (Fsp3) is 0.643. The van der Waals surface area contributed by atoms with E-state index in [1.807, 2.05) is 16.3 Å². The first kappa shape index (κ1) is 14.5. The summed E-state index contributed by atoms with van der Waals surface area (Å²) in [7, 11) is 1.67. The third-order valence-corrected chi connectivity index (χ3v) is 4.23. The van der Waals surface area contributed by atoms with Crippen LogP contribution in [0, 0.1) is 5.92 Å². The molecule has 4 nitrogen and oxygen atoms in total. The third-order valence-electron chi connectivity index (χ3n) is 3.31. The van der Waals surface area contributed by atoms with Gasteiger partial charge in [-0.2, -0.15) is 0 Å². The van der Waals surface area contributed by atoms with E-state index in [1.165, 1.54) is 4.88 Å². The molecule has 1 aromatic rings. The zero-order valence-electron chi connectivity index (χ0n) is 11.8. The minimum Gasteiger partial charge on any atom is -0.383 e. The predicted molar refractivity (Wildman–Crippen MR) is 77.0 cm³/mol. The fourth-order valence-electron chi connectivity index (χ4n) is 2.43. The van der Waals surface area contributed by atoms with E-state index in [9.17, 15) is 4.79 Å². The largest absolute Gasteiger partial charge is 0.383 e. The smallest absolute Gasteiger partial charge is 0.241 e. The van der Waals surface area contributed by atoms with Gasteiger partial charge in [0.2, 0.25) is 5.91 Å². The van der Waals surface area contributed by atoms with Crippen LogP contribution in [0.4, 0.5) is 0 Å². The second-order valence-electron chi connectivity index (χ2n) is 5.29. The summed E-state index contributed by atoms with van der Waals surface area (Å²) >= 11 is 1.68. The number of nitrogens with one attached hydrogen (secondary N) is 1. The Balaban J connectivity index is 2.13. The number of carbonyl (C=O) groups excluding carboxylic acids is 1. The van der Waals surface area contributed by atoms with Crippen LogP contribution in [0.1, 0.15) is 31.3 Å². The van der Waals surface area contributed by atoms with Crippen molar-refractivity contribution < 1.29 is 9.53 Å². The molecule has 2 heterocycles. The van der Waals surface area contributed by atoms with Gasteiger partial charge in [0, 0.05) is 18.5 Å². The number of amides is 1. The lowest BCUT2D eigenvalue weighted by Gasteiger charge is -2.22. The molecule has 0 aromatic carbocycles. The quantitative estimate of drug-likeness (QED) is 0.870. The normalized spacial score (nSPS) is 23.6. The third kappa shape index (κ3) is 3.35. The standard InChI is InChI=1S/C14H22N2O2S/c1-10(2)9-11-14(17)16(6-7-18-3)13(15-11)12-5-4-8-19-12/h4-5,8,10-11,13,15H,6-7,9H2,1-3H3. The van der Waals surface area contributed by atoms with Crippen LogP contribution in [-0.2, 0) is 9.53 Å². The zero-order valence-corrected chi connectivity index (χ0v) is 12.6. The topological polar surface area (TPSA) is 41.6 Å². The van der Waals surface area contributed by atoms with Crippen LogP contribution >= 0.6 is 11.3 Å². The van der Waals surface area contributed by atoms with E-state index >= 15 is 0 Å². The maximum atomic E-state index is 12.5. The predicted octanol–water partition coefficient (Wildman–Crippen LogP) is 2.24. The van der Waals surface area contributed by atoms with Crippen molar-refractivity contribution in [1.82, 2.24) is 10.2 Å². The van der Waals surface area contributed by atoms with Gasteiger partial charge >= 0.3 is 0 Å². The Morgan fingerprint density at radius 1 is 1.53 bits per heavy atom. The molecule has 1 fully saturated rings. The molecule has 106 valence electrons. The van der Waals surface area contributed by atoms with Crippen LogP contribution in [0.15, 0.2) is 17.5 Å². The zero-order chi connectivity index (χ0) is 13.8. The average Bonchev–Trinajstić information content (AvgIpc) is 2.97. The second kappa shape index (κ2) is 6.50. The number of carbonyl (C=O) groups is 1. The summed E-state index contributed by atoms with van der Waals surface area (Å²) in [6.07, 6.45) is 0.885. The Labute approximate surface area is 118 Å². The molecule has 5 heteroatoms. The first-order valence-corrected chi connectivity index (χ1v) is 7.60. The van der Waals surface area contributed by atoms with E-state index in [4.69, 9.17) is 4.74 Å². The van der Waals surface area contributed by atoms with Crippen molar-refractivity contribution >= 4 is 17.2 Å². The maximum absolute atomic E-state index is 12.5. The molecule has 0 saturated carbocycles. The molecule has 1 amide bonds. The van der Waals surface area contributed by atoms with Crippen LogP contribution in [0.3, 0.4) is 0 Å². The fourth-order valence-corrected chi connectivity index (χ4v) is 3.23. The monoisotopic (exact) mass is 282 g/mol. The van der Waals surface area contributed by atoms with Gasteiger partial charge < -0.3 is 9.64 Å². The summed E-state index contributed by atoms with van der Waals surface area (Å²) in [5.74, 6) is 0.706. The van der Waals surface area contributed by atoms with Gasteiger partial charge in [0.25, 0.3) is 0 Å². The number of thiophene rings is 1. The highest BCUT2D eigenvalue weighted by Gasteiger charge is 2.39. The van der Waals surface area contributed by atoms with Gasteiger partial charge in [0.15, 0.2) is 0 Å². The highest BCUT2D eigenvalue weighted by atomic mass is 32.1. The second-order valence-corrected chi connectivity index (χ2v) is 6.27. The summed E-state index contributed by atoms with van der Waals surface area (Å²) < 4.78 is 5.12. The van der Waals surface area contributed by atoms with Crippen LogP contribution < -0.4 is 5.32 Å². The molecule has 1 aliphatic rings. The number of hydrogen-bond acceptors (Lipinski definition) is 4. The summed E-state index contributed by atoms with van der Waals surface area (Å²) in [6.45, 7) is 5.50. The lowest BCUT2D eigenvalue weighted by molar-refractivity contribution is -0.130. The first-order chi connectivity index (χ1) is 9.13. The highest BCUT2D eigenvalue weighted by Crippen LogP contribution is 2.30. The lowest BCUT2D eigenvalue weighted by Crippen LogP contribution is -2.34. The van der Waals surface area contributed by atoms with Crippen molar-refractivity contribution in [2.45, 2.75) is 32.5 Å². The van der Waals surface area contributed by atoms with Gasteiger partial charge in [-0.25, -0.2) is 0 Å². The van der Waals surface area contributed by atoms with Gasteiger partial charge in [-0.05, 0) is 23.8 Å².